The maximum absolute atomic E-state index is 11.6. The third kappa shape index (κ3) is 2.51. The minimum Gasteiger partial charge on any atom is -0.490 e. The van der Waals surface area contributed by atoms with Gasteiger partial charge in [-0.2, -0.15) is 0 Å². The predicted molar refractivity (Wildman–Crippen MR) is 71.1 cm³/mol. The first-order chi connectivity index (χ1) is 8.59. The number of rotatable bonds is 4. The van der Waals surface area contributed by atoms with Crippen LogP contribution < -0.4 is 4.74 Å². The van der Waals surface area contributed by atoms with Crippen LogP contribution in [0.15, 0.2) is 36.4 Å². The molecule has 94 valence electrons. The van der Waals surface area contributed by atoms with E-state index in [9.17, 15) is 9.90 Å². The molecule has 18 heavy (non-hydrogen) atoms. The number of carbonyl (C=O) groups is 1. The van der Waals surface area contributed by atoms with Gasteiger partial charge in [-0.25, -0.2) is 0 Å². The highest BCUT2D eigenvalue weighted by molar-refractivity contribution is 6.08. The molecule has 0 spiro atoms. The number of hydrogen-bond acceptors (Lipinski definition) is 3. The van der Waals surface area contributed by atoms with Crippen LogP contribution in [-0.2, 0) is 0 Å². The maximum atomic E-state index is 11.6. The second-order valence-corrected chi connectivity index (χ2v) is 4.37. The van der Waals surface area contributed by atoms with Crippen molar-refractivity contribution in [1.29, 1.82) is 0 Å². The molecule has 3 nitrogen and oxygen atoms in total. The minimum absolute atomic E-state index is 0.0354. The Labute approximate surface area is 106 Å². The van der Waals surface area contributed by atoms with Crippen LogP contribution in [0.2, 0.25) is 0 Å². The SMILES string of the molecule is CC(=O)c1ccc(OC[C@H](C)O)c2ccccc12. The molecule has 0 radical (unpaired) electrons. The monoisotopic (exact) mass is 244 g/mol. The van der Waals surface area contributed by atoms with E-state index in [2.05, 4.69) is 0 Å². The van der Waals surface area contributed by atoms with Crippen LogP contribution >= 0.6 is 0 Å². The van der Waals surface area contributed by atoms with Crippen LogP contribution in [0.5, 0.6) is 5.75 Å². The summed E-state index contributed by atoms with van der Waals surface area (Å²) in [5.41, 5.74) is 0.690. The standard InChI is InChI=1S/C15H16O3/c1-10(16)9-18-15-8-7-12(11(2)17)13-5-3-4-6-14(13)15/h3-8,10,16H,9H2,1-2H3/t10-/m0/s1. The van der Waals surface area contributed by atoms with E-state index in [-0.39, 0.29) is 12.4 Å². The number of carbonyl (C=O) groups excluding carboxylic acids is 1. The molecule has 0 aliphatic heterocycles. The first kappa shape index (κ1) is 12.6. The number of aliphatic hydroxyl groups excluding tert-OH is 1. The van der Waals surface area contributed by atoms with E-state index in [1.54, 1.807) is 26.0 Å². The number of fused-ring (bicyclic) bond motifs is 1. The Morgan fingerprint density at radius 1 is 1.22 bits per heavy atom. The highest BCUT2D eigenvalue weighted by Gasteiger charge is 2.10. The fourth-order valence-electron chi connectivity index (χ4n) is 1.91. The quantitative estimate of drug-likeness (QED) is 0.841. The lowest BCUT2D eigenvalue weighted by atomic mass is 10.0. The lowest BCUT2D eigenvalue weighted by molar-refractivity contribution is 0.101. The largest absolute Gasteiger partial charge is 0.490 e. The van der Waals surface area contributed by atoms with Crippen LogP contribution in [-0.4, -0.2) is 23.6 Å². The van der Waals surface area contributed by atoms with Crippen molar-refractivity contribution in [1.82, 2.24) is 0 Å². The summed E-state index contributed by atoms with van der Waals surface area (Å²) >= 11 is 0. The molecule has 2 rings (SSSR count). The first-order valence-corrected chi connectivity index (χ1v) is 5.93. The number of ether oxygens (including phenoxy) is 1. The molecule has 1 atom stereocenters. The molecule has 2 aromatic carbocycles. The van der Waals surface area contributed by atoms with Crippen molar-refractivity contribution in [3.63, 3.8) is 0 Å². The molecule has 0 amide bonds. The number of ketones is 1. The fraction of sp³-hybridized carbons (Fsp3) is 0.267. The van der Waals surface area contributed by atoms with Crippen molar-refractivity contribution in [2.45, 2.75) is 20.0 Å². The van der Waals surface area contributed by atoms with Crippen molar-refractivity contribution in [3.05, 3.63) is 42.0 Å². The van der Waals surface area contributed by atoms with Crippen molar-refractivity contribution < 1.29 is 14.6 Å². The molecule has 0 aliphatic carbocycles. The van der Waals surface area contributed by atoms with Gasteiger partial charge in [-0.05, 0) is 31.4 Å². The topological polar surface area (TPSA) is 46.5 Å². The summed E-state index contributed by atoms with van der Waals surface area (Å²) in [5.74, 6) is 0.727. The van der Waals surface area contributed by atoms with Gasteiger partial charge in [0.25, 0.3) is 0 Å². The van der Waals surface area contributed by atoms with Crippen LogP contribution in [0.25, 0.3) is 10.8 Å². The van der Waals surface area contributed by atoms with Crippen molar-refractivity contribution in [2.24, 2.45) is 0 Å². The molecule has 0 aliphatic rings. The van der Waals surface area contributed by atoms with Gasteiger partial charge in [-0.1, -0.05) is 24.3 Å². The minimum atomic E-state index is -0.517. The zero-order valence-electron chi connectivity index (χ0n) is 10.5. The molecule has 0 heterocycles. The molecule has 2 aromatic rings. The normalized spacial score (nSPS) is 12.4. The van der Waals surface area contributed by atoms with E-state index in [0.717, 1.165) is 10.8 Å². The van der Waals surface area contributed by atoms with Gasteiger partial charge in [0.1, 0.15) is 12.4 Å². The third-order valence-corrected chi connectivity index (χ3v) is 2.74. The summed E-state index contributed by atoms with van der Waals surface area (Å²) in [5, 5.41) is 11.0. The van der Waals surface area contributed by atoms with Crippen LogP contribution in [0.4, 0.5) is 0 Å². The average Bonchev–Trinajstić information content (AvgIpc) is 2.35. The van der Waals surface area contributed by atoms with E-state index in [1.807, 2.05) is 24.3 Å². The van der Waals surface area contributed by atoms with Gasteiger partial charge in [-0.3, -0.25) is 4.79 Å². The fourth-order valence-corrected chi connectivity index (χ4v) is 1.91. The van der Waals surface area contributed by atoms with Crippen LogP contribution in [0.3, 0.4) is 0 Å². The lowest BCUT2D eigenvalue weighted by Gasteiger charge is -2.12. The highest BCUT2D eigenvalue weighted by Crippen LogP contribution is 2.28. The lowest BCUT2D eigenvalue weighted by Crippen LogP contribution is -2.13. The van der Waals surface area contributed by atoms with Gasteiger partial charge in [0.15, 0.2) is 5.78 Å². The van der Waals surface area contributed by atoms with E-state index < -0.39 is 6.10 Å². The van der Waals surface area contributed by atoms with Gasteiger partial charge in [0.05, 0.1) is 6.10 Å². The number of Topliss-reactive ketones (excluding diaryl/α,β-unsaturated/α-hetero) is 1. The first-order valence-electron chi connectivity index (χ1n) is 5.93. The molecule has 0 unspecified atom stereocenters. The van der Waals surface area contributed by atoms with Gasteiger partial charge < -0.3 is 9.84 Å². The Morgan fingerprint density at radius 2 is 1.89 bits per heavy atom. The number of hydrogen-bond donors (Lipinski definition) is 1. The molecular weight excluding hydrogens is 228 g/mol. The number of benzene rings is 2. The summed E-state index contributed by atoms with van der Waals surface area (Å²) in [7, 11) is 0. The Bertz CT molecular complexity index is 573. The molecule has 3 heteroatoms. The summed E-state index contributed by atoms with van der Waals surface area (Å²) in [4.78, 5) is 11.6. The highest BCUT2D eigenvalue weighted by atomic mass is 16.5. The van der Waals surface area contributed by atoms with Gasteiger partial charge in [0, 0.05) is 10.9 Å². The summed E-state index contributed by atoms with van der Waals surface area (Å²) in [6, 6.07) is 11.2. The molecular formula is C15H16O3. The summed E-state index contributed by atoms with van der Waals surface area (Å²) < 4.78 is 5.55. The van der Waals surface area contributed by atoms with E-state index in [0.29, 0.717) is 11.3 Å². The van der Waals surface area contributed by atoms with Crippen LogP contribution in [0, 0.1) is 0 Å². The average molecular weight is 244 g/mol. The van der Waals surface area contributed by atoms with Gasteiger partial charge in [-0.15, -0.1) is 0 Å². The van der Waals surface area contributed by atoms with Crippen molar-refractivity contribution >= 4 is 16.6 Å². The Hall–Kier alpha value is -1.87. The second-order valence-electron chi connectivity index (χ2n) is 4.37. The summed E-state index contributed by atoms with van der Waals surface area (Å²) in [6.45, 7) is 3.47. The molecule has 0 fully saturated rings. The molecule has 0 bridgehead atoms. The second kappa shape index (κ2) is 5.19. The van der Waals surface area contributed by atoms with Crippen LogP contribution in [0.1, 0.15) is 24.2 Å². The molecule has 1 N–H and O–H groups in total. The van der Waals surface area contributed by atoms with Crippen molar-refractivity contribution in [2.75, 3.05) is 6.61 Å². The zero-order chi connectivity index (χ0) is 13.1. The smallest absolute Gasteiger partial charge is 0.160 e. The van der Waals surface area contributed by atoms with E-state index in [1.165, 1.54) is 0 Å². The maximum Gasteiger partial charge on any atom is 0.160 e. The Kier molecular flexibility index (Phi) is 3.63. The van der Waals surface area contributed by atoms with Gasteiger partial charge in [0.2, 0.25) is 0 Å². The number of aliphatic hydroxyl groups is 1. The summed E-state index contributed by atoms with van der Waals surface area (Å²) in [6.07, 6.45) is -0.517. The predicted octanol–water partition coefficient (Wildman–Crippen LogP) is 2.80. The molecule has 0 saturated carbocycles. The van der Waals surface area contributed by atoms with Crippen molar-refractivity contribution in [3.8, 4) is 5.75 Å². The van der Waals surface area contributed by atoms with E-state index >= 15 is 0 Å². The van der Waals surface area contributed by atoms with E-state index in [4.69, 9.17) is 4.74 Å². The molecule has 0 aromatic heterocycles. The molecule has 0 saturated heterocycles. The third-order valence-electron chi connectivity index (χ3n) is 2.74. The Balaban J connectivity index is 2.50. The zero-order valence-corrected chi connectivity index (χ0v) is 10.5. The van der Waals surface area contributed by atoms with Gasteiger partial charge >= 0.3 is 0 Å². The Morgan fingerprint density at radius 3 is 2.50 bits per heavy atom.